The van der Waals surface area contributed by atoms with Gasteiger partial charge in [0.05, 0.1) is 0 Å². The Morgan fingerprint density at radius 2 is 1.72 bits per heavy atom. The molecule has 29 heavy (non-hydrogen) atoms. The van der Waals surface area contributed by atoms with Crippen molar-refractivity contribution in [1.29, 1.82) is 0 Å². The first-order valence-corrected chi connectivity index (χ1v) is 10.9. The van der Waals surface area contributed by atoms with Gasteiger partial charge in [0.2, 0.25) is 0 Å². The second kappa shape index (κ2) is 7.24. The maximum Gasteiger partial charge on any atom is 0.257 e. The van der Waals surface area contributed by atoms with Crippen molar-refractivity contribution in [2.45, 2.75) is 43.9 Å². The molecule has 2 bridgehead atoms. The number of nitrogens with zero attached hydrogens (tertiary/aromatic N) is 2. The second-order valence-corrected chi connectivity index (χ2v) is 9.49. The van der Waals surface area contributed by atoms with Gasteiger partial charge in [-0.3, -0.25) is 0 Å². The Kier molecular flexibility index (Phi) is 4.69. The first kappa shape index (κ1) is 18.8. The summed E-state index contributed by atoms with van der Waals surface area (Å²) in [5.41, 5.74) is 2.31. The fraction of sp³-hybridized carbons (Fsp3) is 0.391. The number of anilines is 1. The van der Waals surface area contributed by atoms with Crippen molar-refractivity contribution >= 4 is 21.6 Å². The molecule has 1 N–H and O–H groups in total. The first-order chi connectivity index (χ1) is 14.1. The summed E-state index contributed by atoms with van der Waals surface area (Å²) < 4.78 is 19.8. The smallest absolute Gasteiger partial charge is 0.257 e. The van der Waals surface area contributed by atoms with Crippen molar-refractivity contribution in [2.24, 2.45) is 5.41 Å². The van der Waals surface area contributed by atoms with Gasteiger partial charge in [0.25, 0.3) is 5.89 Å². The highest BCUT2D eigenvalue weighted by molar-refractivity contribution is 9.10. The highest BCUT2D eigenvalue weighted by Gasteiger charge is 2.51. The van der Waals surface area contributed by atoms with Gasteiger partial charge in [-0.15, -0.1) is 0 Å². The Morgan fingerprint density at radius 1 is 1.00 bits per heavy atom. The van der Waals surface area contributed by atoms with E-state index in [0.717, 1.165) is 41.7 Å². The molecule has 0 saturated heterocycles. The topological polar surface area (TPSA) is 51.0 Å². The molecule has 3 aromatic rings. The molecule has 0 atom stereocenters. The molecule has 1 heterocycles. The highest BCUT2D eigenvalue weighted by atomic mass is 79.9. The minimum absolute atomic E-state index is 0.0271. The lowest BCUT2D eigenvalue weighted by molar-refractivity contribution is 0.0445. The Labute approximate surface area is 178 Å². The van der Waals surface area contributed by atoms with Crippen molar-refractivity contribution < 1.29 is 8.91 Å². The van der Waals surface area contributed by atoms with E-state index < -0.39 is 0 Å². The number of halogens is 2. The van der Waals surface area contributed by atoms with Crippen molar-refractivity contribution in [3.8, 4) is 11.5 Å². The summed E-state index contributed by atoms with van der Waals surface area (Å²) in [6.07, 6.45) is 6.80. The number of hydrogen-bond donors (Lipinski definition) is 1. The summed E-state index contributed by atoms with van der Waals surface area (Å²) in [6, 6.07) is 14.6. The predicted molar refractivity (Wildman–Crippen MR) is 114 cm³/mol. The third-order valence-corrected chi connectivity index (χ3v) is 7.38. The van der Waals surface area contributed by atoms with E-state index in [2.05, 4.69) is 44.6 Å². The molecule has 3 saturated carbocycles. The van der Waals surface area contributed by atoms with E-state index in [0.29, 0.717) is 11.3 Å². The third kappa shape index (κ3) is 3.59. The Hall–Kier alpha value is -2.21. The van der Waals surface area contributed by atoms with Gasteiger partial charge in [0.1, 0.15) is 5.82 Å². The molecule has 0 unspecified atom stereocenters. The molecule has 1 aromatic heterocycles. The lowest BCUT2D eigenvalue weighted by Gasteiger charge is -2.52. The molecule has 3 fully saturated rings. The summed E-state index contributed by atoms with van der Waals surface area (Å²) in [4.78, 5) is 4.71. The van der Waals surface area contributed by atoms with Gasteiger partial charge in [-0.25, -0.2) is 4.39 Å². The van der Waals surface area contributed by atoms with Gasteiger partial charge in [0.15, 0.2) is 5.82 Å². The van der Waals surface area contributed by atoms with Gasteiger partial charge < -0.3 is 9.84 Å². The molecular formula is C23H23BrFN3O. The molecule has 150 valence electrons. The summed E-state index contributed by atoms with van der Waals surface area (Å²) in [5.74, 6) is 1.04. The summed E-state index contributed by atoms with van der Waals surface area (Å²) in [7, 11) is 0. The number of benzene rings is 2. The maximum atomic E-state index is 13.2. The van der Waals surface area contributed by atoms with Crippen molar-refractivity contribution in [2.75, 3.05) is 11.9 Å². The maximum absolute atomic E-state index is 13.2. The van der Waals surface area contributed by atoms with E-state index in [9.17, 15) is 4.39 Å². The zero-order valence-electron chi connectivity index (χ0n) is 16.1. The van der Waals surface area contributed by atoms with Crippen molar-refractivity contribution in [3.05, 3.63) is 64.6 Å². The second-order valence-electron chi connectivity index (χ2n) is 8.57. The van der Waals surface area contributed by atoms with E-state index in [1.165, 1.54) is 37.1 Å². The van der Waals surface area contributed by atoms with Crippen LogP contribution in [0.25, 0.3) is 11.5 Å². The van der Waals surface area contributed by atoms with E-state index in [-0.39, 0.29) is 11.2 Å². The van der Waals surface area contributed by atoms with Crippen LogP contribution < -0.4 is 5.32 Å². The zero-order chi connectivity index (χ0) is 19.9. The number of nitrogens with one attached hydrogen (secondary N) is 1. The minimum Gasteiger partial charge on any atom is -0.384 e. The van der Waals surface area contributed by atoms with Crippen LogP contribution in [0.2, 0.25) is 0 Å². The van der Waals surface area contributed by atoms with E-state index in [1.54, 1.807) is 12.1 Å². The molecule has 6 heteroatoms. The van der Waals surface area contributed by atoms with Crippen molar-refractivity contribution in [1.82, 2.24) is 10.1 Å². The highest BCUT2D eigenvalue weighted by Crippen LogP contribution is 2.57. The molecule has 0 spiro atoms. The van der Waals surface area contributed by atoms with Crippen LogP contribution in [0, 0.1) is 11.2 Å². The minimum atomic E-state index is -0.264. The lowest BCUT2D eigenvalue weighted by Crippen LogP contribution is -2.47. The molecule has 6 rings (SSSR count). The monoisotopic (exact) mass is 455 g/mol. The molecule has 2 aromatic carbocycles. The van der Waals surface area contributed by atoms with Crippen LogP contribution >= 0.6 is 15.9 Å². The zero-order valence-corrected chi connectivity index (χ0v) is 17.7. The van der Waals surface area contributed by atoms with Crippen LogP contribution in [-0.4, -0.2) is 16.7 Å². The Bertz CT molecular complexity index is 992. The number of rotatable bonds is 5. The fourth-order valence-electron chi connectivity index (χ4n) is 4.90. The molecular weight excluding hydrogens is 433 g/mol. The van der Waals surface area contributed by atoms with Crippen LogP contribution in [0.1, 0.15) is 44.3 Å². The number of aromatic nitrogens is 2. The molecule has 3 aliphatic rings. The third-order valence-electron chi connectivity index (χ3n) is 6.89. The SMILES string of the molecule is Fc1ccc(-c2nc(C34CCC(CNc5cccc(Br)c5)(CC3)CC4)no2)cc1. The van der Waals surface area contributed by atoms with Gasteiger partial charge in [-0.2, -0.15) is 4.98 Å². The van der Waals surface area contributed by atoms with Gasteiger partial charge in [0, 0.05) is 27.7 Å². The molecule has 4 nitrogen and oxygen atoms in total. The van der Waals surface area contributed by atoms with E-state index in [1.807, 2.05) is 6.07 Å². The normalized spacial score (nSPS) is 25.9. The molecule has 0 aliphatic heterocycles. The predicted octanol–water partition coefficient (Wildman–Crippen LogP) is 6.34. The van der Waals surface area contributed by atoms with Gasteiger partial charge in [-0.1, -0.05) is 27.2 Å². The fourth-order valence-corrected chi connectivity index (χ4v) is 5.30. The van der Waals surface area contributed by atoms with Crippen LogP contribution in [0.15, 0.2) is 57.5 Å². The molecule has 0 amide bonds. The molecule has 3 aliphatic carbocycles. The Balaban J connectivity index is 1.28. The van der Waals surface area contributed by atoms with Gasteiger partial charge >= 0.3 is 0 Å². The van der Waals surface area contributed by atoms with Crippen LogP contribution in [-0.2, 0) is 5.41 Å². The van der Waals surface area contributed by atoms with Crippen LogP contribution in [0.4, 0.5) is 10.1 Å². The summed E-state index contributed by atoms with van der Waals surface area (Å²) in [5, 5.41) is 7.98. The van der Waals surface area contributed by atoms with Crippen LogP contribution in [0.5, 0.6) is 0 Å². The quantitative estimate of drug-likeness (QED) is 0.487. The first-order valence-electron chi connectivity index (χ1n) is 10.2. The summed E-state index contributed by atoms with van der Waals surface area (Å²) >= 11 is 3.54. The number of hydrogen-bond acceptors (Lipinski definition) is 4. The largest absolute Gasteiger partial charge is 0.384 e. The number of fused-ring (bicyclic) bond motifs is 3. The summed E-state index contributed by atoms with van der Waals surface area (Å²) in [6.45, 7) is 1.01. The van der Waals surface area contributed by atoms with E-state index >= 15 is 0 Å². The average molecular weight is 456 g/mol. The van der Waals surface area contributed by atoms with E-state index in [4.69, 9.17) is 9.51 Å². The van der Waals surface area contributed by atoms with Crippen molar-refractivity contribution in [3.63, 3.8) is 0 Å². The Morgan fingerprint density at radius 3 is 2.41 bits per heavy atom. The average Bonchev–Trinajstić information content (AvgIpc) is 3.26. The van der Waals surface area contributed by atoms with Crippen LogP contribution in [0.3, 0.4) is 0 Å². The lowest BCUT2D eigenvalue weighted by atomic mass is 9.53. The standard InChI is InChI=1S/C23H23BrFN3O/c24-17-2-1-3-19(14-17)26-15-22-8-11-23(12-9-22,13-10-22)21-27-20(29-28-21)16-4-6-18(25)7-5-16/h1-7,14,26H,8-13,15H2. The van der Waals surface area contributed by atoms with Gasteiger partial charge in [-0.05, 0) is 86.4 Å². The molecule has 0 radical (unpaired) electrons.